The van der Waals surface area contributed by atoms with Crippen molar-refractivity contribution in [1.29, 1.82) is 0 Å². The van der Waals surface area contributed by atoms with E-state index < -0.39 is 20.2 Å². The van der Waals surface area contributed by atoms with Crippen molar-refractivity contribution < 1.29 is 54.4 Å². The lowest BCUT2D eigenvalue weighted by Gasteiger charge is -2.23. The molecule has 4 aromatic rings. The molecule has 2 aromatic carbocycles. The average Bonchev–Trinajstić information content (AvgIpc) is 3.13. The van der Waals surface area contributed by atoms with Crippen LogP contribution in [0.1, 0.15) is 34.1 Å². The van der Waals surface area contributed by atoms with Crippen LogP contribution in [0.25, 0.3) is 22.5 Å². The van der Waals surface area contributed by atoms with E-state index in [0.717, 1.165) is 53.4 Å². The Labute approximate surface area is 337 Å². The lowest BCUT2D eigenvalue weighted by atomic mass is 10.1. The van der Waals surface area contributed by atoms with E-state index in [4.69, 9.17) is 47.5 Å². The zero-order valence-electron chi connectivity index (χ0n) is 34.6. The van der Waals surface area contributed by atoms with Gasteiger partial charge in [0.2, 0.25) is 11.5 Å². The monoisotopic (exact) mass is 836 g/mol. The molecule has 0 unspecified atom stereocenters. The molecule has 0 fully saturated rings. The zero-order chi connectivity index (χ0) is 43.1. The topological polar surface area (TPSA) is 196 Å². The van der Waals surface area contributed by atoms with Crippen LogP contribution in [0.3, 0.4) is 0 Å². The fourth-order valence-electron chi connectivity index (χ4n) is 5.13. The Hall–Kier alpha value is -5.04. The Bertz CT molecular complexity index is 1860. The van der Waals surface area contributed by atoms with E-state index in [1.54, 1.807) is 28.4 Å². The minimum atomic E-state index is -3.67. The summed E-state index contributed by atoms with van der Waals surface area (Å²) in [4.78, 5) is 13.9. The smallest absolute Gasteiger partial charge is 0.261 e. The molecule has 18 heteroatoms. The maximum absolute atomic E-state index is 9.19. The number of hydrogen-bond donors (Lipinski definition) is 2. The molecular formula is C39H56N4O12S2. The number of pyridine rings is 2. The van der Waals surface area contributed by atoms with Gasteiger partial charge in [-0.3, -0.25) is 19.1 Å². The third-order valence-corrected chi connectivity index (χ3v) is 7.58. The van der Waals surface area contributed by atoms with Gasteiger partial charge in [0.1, 0.15) is 0 Å². The van der Waals surface area contributed by atoms with Crippen molar-refractivity contribution in [3.05, 3.63) is 60.9 Å². The second kappa shape index (κ2) is 22.0. The van der Waals surface area contributed by atoms with Gasteiger partial charge in [-0.25, -0.2) is 0 Å². The molecule has 0 amide bonds. The van der Waals surface area contributed by atoms with E-state index in [1.807, 2.05) is 76.5 Å². The first-order chi connectivity index (χ1) is 26.6. The van der Waals surface area contributed by atoms with Gasteiger partial charge in [0.25, 0.3) is 20.2 Å². The first kappa shape index (κ1) is 48.1. The van der Waals surface area contributed by atoms with Crippen LogP contribution in [-0.2, 0) is 20.2 Å². The van der Waals surface area contributed by atoms with Crippen LogP contribution in [0.15, 0.2) is 60.9 Å². The van der Waals surface area contributed by atoms with Gasteiger partial charge in [-0.15, -0.1) is 0 Å². The van der Waals surface area contributed by atoms with Crippen LogP contribution >= 0.6 is 0 Å². The third-order valence-electron chi connectivity index (χ3n) is 7.58. The van der Waals surface area contributed by atoms with Gasteiger partial charge < -0.3 is 38.2 Å². The van der Waals surface area contributed by atoms with E-state index in [2.05, 4.69) is 36.0 Å². The van der Waals surface area contributed by atoms with Gasteiger partial charge in [-0.05, 0) is 82.6 Å². The van der Waals surface area contributed by atoms with Gasteiger partial charge >= 0.3 is 0 Å². The highest BCUT2D eigenvalue weighted by molar-refractivity contribution is 7.85. The summed E-state index contributed by atoms with van der Waals surface area (Å²) in [5.41, 5.74) is 5.50. The number of ether oxygens (including phenoxy) is 6. The summed E-state index contributed by atoms with van der Waals surface area (Å²) in [5, 5.41) is 0. The zero-order valence-corrected chi connectivity index (χ0v) is 36.3. The molecule has 0 radical (unpaired) electrons. The SMILES string of the molecule is COc1cc(-c2ccc(N(C)CCCN(C)c3ccc(-c4cc(OC)c(OC(C)C)c(OC)c4)nc3)cn2)cc(OC)c1OC(C)C.CS(=O)(=O)O.CS(=O)(=O)O. The number of methoxy groups -OCH3 is 4. The van der Waals surface area contributed by atoms with Gasteiger partial charge in [-0.2, -0.15) is 16.8 Å². The van der Waals surface area contributed by atoms with Crippen molar-refractivity contribution in [2.45, 2.75) is 46.3 Å². The number of benzene rings is 2. The van der Waals surface area contributed by atoms with Crippen LogP contribution in [0, 0.1) is 0 Å². The maximum Gasteiger partial charge on any atom is 0.261 e. The van der Waals surface area contributed by atoms with Crippen LogP contribution in [0.5, 0.6) is 34.5 Å². The van der Waals surface area contributed by atoms with E-state index in [1.165, 1.54) is 0 Å². The Morgan fingerprint density at radius 3 is 1.07 bits per heavy atom. The minimum Gasteiger partial charge on any atom is -0.493 e. The van der Waals surface area contributed by atoms with Crippen LogP contribution in [0.2, 0.25) is 0 Å². The van der Waals surface area contributed by atoms with Crippen molar-refractivity contribution in [3.8, 4) is 57.0 Å². The molecule has 0 aliphatic heterocycles. The van der Waals surface area contributed by atoms with E-state index in [0.29, 0.717) is 47.0 Å². The maximum atomic E-state index is 9.19. The minimum absolute atomic E-state index is 0.0112. The number of rotatable bonds is 16. The molecule has 0 saturated heterocycles. The van der Waals surface area contributed by atoms with Crippen molar-refractivity contribution in [3.63, 3.8) is 0 Å². The molecular weight excluding hydrogens is 781 g/mol. The van der Waals surface area contributed by atoms with E-state index in [9.17, 15) is 16.8 Å². The molecule has 0 saturated carbocycles. The lowest BCUT2D eigenvalue weighted by molar-refractivity contribution is 0.218. The second-order valence-electron chi connectivity index (χ2n) is 13.2. The Morgan fingerprint density at radius 2 is 0.860 bits per heavy atom. The first-order valence-corrected chi connectivity index (χ1v) is 21.3. The molecule has 0 aliphatic carbocycles. The number of anilines is 2. The molecule has 0 atom stereocenters. The Balaban J connectivity index is 0.000000996. The first-order valence-electron chi connectivity index (χ1n) is 17.6. The highest BCUT2D eigenvalue weighted by Crippen LogP contribution is 2.43. The van der Waals surface area contributed by atoms with Crippen molar-refractivity contribution in [1.82, 2.24) is 9.97 Å². The molecule has 0 spiro atoms. The predicted octanol–water partition coefficient (Wildman–Crippen LogP) is 6.39. The number of aromatic nitrogens is 2. The standard InChI is InChI=1S/C37H48N4O6.2CH4O3S/c1-24(2)46-36-32(42-7)18-26(19-33(36)43-8)30-14-12-28(22-38-30)40(5)16-11-17-41(6)29-13-15-31(39-23-29)27-20-34(44-9)37(47-25(3)4)35(21-27)45-10;2*1-5(2,3)4/h12-15,18-25H,11,16-17H2,1-10H3;2*1H3,(H,2,3,4). The molecule has 16 nitrogen and oxygen atoms in total. The molecule has 57 heavy (non-hydrogen) atoms. The Kier molecular flexibility index (Phi) is 18.6. The van der Waals surface area contributed by atoms with Gasteiger partial charge in [0.15, 0.2) is 23.0 Å². The van der Waals surface area contributed by atoms with Crippen molar-refractivity contribution in [2.75, 3.05) is 77.9 Å². The molecule has 2 heterocycles. The fraction of sp³-hybridized carbons (Fsp3) is 0.436. The predicted molar refractivity (Wildman–Crippen MR) is 223 cm³/mol. The van der Waals surface area contributed by atoms with Crippen LogP contribution < -0.4 is 38.2 Å². The summed E-state index contributed by atoms with van der Waals surface area (Å²) in [5.74, 6) is 3.61. The molecule has 316 valence electrons. The normalized spacial score (nSPS) is 11.1. The second-order valence-corrected chi connectivity index (χ2v) is 16.2. The molecule has 2 aromatic heterocycles. The summed E-state index contributed by atoms with van der Waals surface area (Å²) >= 11 is 0. The van der Waals surface area contributed by atoms with E-state index in [-0.39, 0.29) is 12.2 Å². The summed E-state index contributed by atoms with van der Waals surface area (Å²) in [7, 11) is 3.32. The summed E-state index contributed by atoms with van der Waals surface area (Å²) in [6.45, 7) is 9.61. The molecule has 0 bridgehead atoms. The van der Waals surface area contributed by atoms with Gasteiger partial charge in [-0.1, -0.05) is 0 Å². The third kappa shape index (κ3) is 16.9. The van der Waals surface area contributed by atoms with Crippen LogP contribution in [0.4, 0.5) is 11.4 Å². The number of hydrogen-bond acceptors (Lipinski definition) is 14. The largest absolute Gasteiger partial charge is 0.493 e. The summed E-state index contributed by atoms with van der Waals surface area (Å²) in [6, 6.07) is 15.9. The Morgan fingerprint density at radius 1 is 0.579 bits per heavy atom. The highest BCUT2D eigenvalue weighted by Gasteiger charge is 2.19. The van der Waals surface area contributed by atoms with Gasteiger partial charge in [0, 0.05) is 38.3 Å². The van der Waals surface area contributed by atoms with Crippen molar-refractivity contribution in [2.24, 2.45) is 0 Å². The van der Waals surface area contributed by atoms with Crippen molar-refractivity contribution >= 4 is 31.6 Å². The van der Waals surface area contributed by atoms with Gasteiger partial charge in [0.05, 0.1) is 88.3 Å². The number of nitrogens with zero attached hydrogens (tertiary/aromatic N) is 4. The highest BCUT2D eigenvalue weighted by atomic mass is 32.2. The molecule has 2 N–H and O–H groups in total. The van der Waals surface area contributed by atoms with E-state index >= 15 is 0 Å². The molecule has 0 aliphatic rings. The quantitative estimate of drug-likeness (QED) is 0.118. The van der Waals surface area contributed by atoms with Crippen LogP contribution in [-0.4, -0.2) is 116 Å². The summed E-state index contributed by atoms with van der Waals surface area (Å²) < 4.78 is 86.0. The lowest BCUT2D eigenvalue weighted by Crippen LogP contribution is -2.25. The summed E-state index contributed by atoms with van der Waals surface area (Å²) in [6.07, 6.45) is 6.15. The average molecular weight is 837 g/mol. The fourth-order valence-corrected chi connectivity index (χ4v) is 5.13. The molecule has 4 rings (SSSR count).